The van der Waals surface area contributed by atoms with Gasteiger partial charge in [0.05, 0.1) is 17.1 Å². The molecule has 1 amide bonds. The number of rotatable bonds is 4. The van der Waals surface area contributed by atoms with Crippen LogP contribution in [0.25, 0.3) is 0 Å². The highest BCUT2D eigenvalue weighted by molar-refractivity contribution is 5.91. The predicted molar refractivity (Wildman–Crippen MR) is 68.8 cm³/mol. The Bertz CT molecular complexity index is 415. The van der Waals surface area contributed by atoms with Crippen LogP contribution >= 0.6 is 0 Å². The predicted octanol–water partition coefficient (Wildman–Crippen LogP) is 1.49. The first-order valence-electron chi connectivity index (χ1n) is 5.79. The summed E-state index contributed by atoms with van der Waals surface area (Å²) in [6.45, 7) is 7.65. The molecular formula is C12H22N4O. The smallest absolute Gasteiger partial charge is 0.224 e. The molecule has 0 saturated carbocycles. The lowest BCUT2D eigenvalue weighted by atomic mass is 10.00. The number of carbonyl (C=O) groups excluding carboxylic acids is 1. The van der Waals surface area contributed by atoms with E-state index in [4.69, 9.17) is 5.73 Å². The molecule has 0 aliphatic rings. The Morgan fingerprint density at radius 2 is 2.06 bits per heavy atom. The van der Waals surface area contributed by atoms with Gasteiger partial charge >= 0.3 is 0 Å². The Balaban J connectivity index is 2.63. The van der Waals surface area contributed by atoms with Gasteiger partial charge in [0.15, 0.2) is 0 Å². The quantitative estimate of drug-likeness (QED) is 0.834. The fraction of sp³-hybridized carbons (Fsp3) is 0.667. The van der Waals surface area contributed by atoms with Crippen molar-refractivity contribution < 1.29 is 4.79 Å². The van der Waals surface area contributed by atoms with Gasteiger partial charge in [0, 0.05) is 19.0 Å². The van der Waals surface area contributed by atoms with Crippen molar-refractivity contribution in [3.63, 3.8) is 0 Å². The zero-order valence-corrected chi connectivity index (χ0v) is 11.3. The fourth-order valence-electron chi connectivity index (χ4n) is 1.59. The van der Waals surface area contributed by atoms with Crippen LogP contribution < -0.4 is 11.1 Å². The molecule has 0 aromatic carbocycles. The number of hydrogen-bond donors (Lipinski definition) is 2. The zero-order chi connectivity index (χ0) is 13.2. The molecule has 0 radical (unpaired) electrons. The van der Waals surface area contributed by atoms with Crippen LogP contribution in [0.2, 0.25) is 0 Å². The number of nitrogens with two attached hydrogens (primary N) is 1. The van der Waals surface area contributed by atoms with E-state index < -0.39 is 0 Å². The van der Waals surface area contributed by atoms with Gasteiger partial charge in [-0.05, 0) is 34.1 Å². The highest BCUT2D eigenvalue weighted by Gasteiger charge is 2.16. The molecule has 0 fully saturated rings. The van der Waals surface area contributed by atoms with E-state index in [1.54, 1.807) is 4.68 Å². The molecule has 0 aliphatic carbocycles. The Morgan fingerprint density at radius 1 is 1.47 bits per heavy atom. The van der Waals surface area contributed by atoms with Gasteiger partial charge in [0.2, 0.25) is 5.91 Å². The highest BCUT2D eigenvalue weighted by atomic mass is 16.1. The van der Waals surface area contributed by atoms with Gasteiger partial charge in [0.1, 0.15) is 0 Å². The first-order valence-corrected chi connectivity index (χ1v) is 5.79. The van der Waals surface area contributed by atoms with Crippen molar-refractivity contribution in [2.45, 2.75) is 46.1 Å². The van der Waals surface area contributed by atoms with E-state index in [-0.39, 0.29) is 11.4 Å². The third-order valence-electron chi connectivity index (χ3n) is 2.77. The Morgan fingerprint density at radius 3 is 2.47 bits per heavy atom. The Kier molecular flexibility index (Phi) is 3.93. The molecule has 5 nitrogen and oxygen atoms in total. The first-order chi connectivity index (χ1) is 7.70. The van der Waals surface area contributed by atoms with Crippen molar-refractivity contribution in [1.29, 1.82) is 0 Å². The van der Waals surface area contributed by atoms with Crippen LogP contribution in [0.4, 0.5) is 5.69 Å². The Hall–Kier alpha value is -1.36. The molecule has 1 heterocycles. The van der Waals surface area contributed by atoms with Crippen LogP contribution in [0.15, 0.2) is 0 Å². The van der Waals surface area contributed by atoms with Crippen LogP contribution in [0.3, 0.4) is 0 Å². The summed E-state index contributed by atoms with van der Waals surface area (Å²) in [4.78, 5) is 11.8. The molecule has 0 saturated heterocycles. The summed E-state index contributed by atoms with van der Waals surface area (Å²) in [7, 11) is 1.86. The summed E-state index contributed by atoms with van der Waals surface area (Å²) in [5.41, 5.74) is 8.15. The van der Waals surface area contributed by atoms with Gasteiger partial charge in [-0.1, -0.05) is 0 Å². The standard InChI is InChI=1S/C12H22N4O/c1-8-11(9(2)16(5)15-8)14-10(17)6-7-12(3,4)13/h6-7,13H2,1-5H3,(H,14,17). The second-order valence-corrected chi connectivity index (χ2v) is 5.21. The number of nitrogens with one attached hydrogen (secondary N) is 1. The lowest BCUT2D eigenvalue weighted by molar-refractivity contribution is -0.116. The summed E-state index contributed by atoms with van der Waals surface area (Å²) in [5.74, 6) is -0.0114. The second-order valence-electron chi connectivity index (χ2n) is 5.21. The molecule has 0 spiro atoms. The summed E-state index contributed by atoms with van der Waals surface area (Å²) in [5, 5.41) is 7.14. The maximum absolute atomic E-state index is 11.8. The number of carbonyl (C=O) groups is 1. The molecule has 0 bridgehead atoms. The van der Waals surface area contributed by atoms with Gasteiger partial charge < -0.3 is 11.1 Å². The van der Waals surface area contributed by atoms with Crippen LogP contribution in [0.5, 0.6) is 0 Å². The molecule has 1 rings (SSSR count). The van der Waals surface area contributed by atoms with Crippen LogP contribution in [-0.4, -0.2) is 21.2 Å². The van der Waals surface area contributed by atoms with E-state index in [0.29, 0.717) is 12.8 Å². The van der Waals surface area contributed by atoms with E-state index in [1.807, 2.05) is 34.7 Å². The number of anilines is 1. The minimum Gasteiger partial charge on any atom is -0.326 e. The van der Waals surface area contributed by atoms with Crippen molar-refractivity contribution in [1.82, 2.24) is 9.78 Å². The number of hydrogen-bond acceptors (Lipinski definition) is 3. The highest BCUT2D eigenvalue weighted by Crippen LogP contribution is 2.19. The summed E-state index contributed by atoms with van der Waals surface area (Å²) in [6.07, 6.45) is 1.09. The number of nitrogens with zero attached hydrogens (tertiary/aromatic N) is 2. The van der Waals surface area contributed by atoms with Crippen LogP contribution in [0.1, 0.15) is 38.1 Å². The first kappa shape index (κ1) is 13.7. The molecule has 3 N–H and O–H groups in total. The fourth-order valence-corrected chi connectivity index (χ4v) is 1.59. The minimum atomic E-state index is -0.309. The van der Waals surface area contributed by atoms with Gasteiger partial charge in [-0.25, -0.2) is 0 Å². The summed E-state index contributed by atoms with van der Waals surface area (Å²) >= 11 is 0. The number of aryl methyl sites for hydroxylation is 2. The maximum Gasteiger partial charge on any atom is 0.224 e. The van der Waals surface area contributed by atoms with Crippen LogP contribution in [0, 0.1) is 13.8 Å². The molecule has 1 aromatic heterocycles. The largest absolute Gasteiger partial charge is 0.326 e. The number of amides is 1. The molecule has 0 aliphatic heterocycles. The SMILES string of the molecule is Cc1nn(C)c(C)c1NC(=O)CCC(C)(C)N. The normalized spacial score (nSPS) is 11.6. The molecule has 5 heteroatoms. The van der Waals surface area contributed by atoms with E-state index in [0.717, 1.165) is 17.1 Å². The monoisotopic (exact) mass is 238 g/mol. The third-order valence-corrected chi connectivity index (χ3v) is 2.77. The van der Waals surface area contributed by atoms with E-state index in [1.165, 1.54) is 0 Å². The molecule has 0 atom stereocenters. The molecule has 1 aromatic rings. The summed E-state index contributed by atoms with van der Waals surface area (Å²) in [6, 6.07) is 0. The second kappa shape index (κ2) is 4.87. The van der Waals surface area contributed by atoms with E-state index in [2.05, 4.69) is 10.4 Å². The summed E-state index contributed by atoms with van der Waals surface area (Å²) < 4.78 is 1.76. The molecular weight excluding hydrogens is 216 g/mol. The van der Waals surface area contributed by atoms with Gasteiger partial charge in [-0.3, -0.25) is 9.48 Å². The van der Waals surface area contributed by atoms with Gasteiger partial charge in [-0.15, -0.1) is 0 Å². The maximum atomic E-state index is 11.8. The van der Waals surface area contributed by atoms with Crippen molar-refractivity contribution in [2.24, 2.45) is 12.8 Å². The zero-order valence-electron chi connectivity index (χ0n) is 11.3. The van der Waals surface area contributed by atoms with E-state index >= 15 is 0 Å². The lowest BCUT2D eigenvalue weighted by Gasteiger charge is -2.17. The Labute approximate surface area is 102 Å². The minimum absolute atomic E-state index is 0.0114. The average Bonchev–Trinajstić information content (AvgIpc) is 2.41. The van der Waals surface area contributed by atoms with Gasteiger partial charge in [-0.2, -0.15) is 5.10 Å². The topological polar surface area (TPSA) is 72.9 Å². The lowest BCUT2D eigenvalue weighted by Crippen LogP contribution is -2.33. The van der Waals surface area contributed by atoms with Crippen LogP contribution in [-0.2, 0) is 11.8 Å². The third kappa shape index (κ3) is 3.85. The molecule has 96 valence electrons. The van der Waals surface area contributed by atoms with Gasteiger partial charge in [0.25, 0.3) is 0 Å². The molecule has 17 heavy (non-hydrogen) atoms. The van der Waals surface area contributed by atoms with Crippen molar-refractivity contribution in [3.8, 4) is 0 Å². The van der Waals surface area contributed by atoms with Crippen molar-refractivity contribution in [3.05, 3.63) is 11.4 Å². The van der Waals surface area contributed by atoms with Crippen molar-refractivity contribution >= 4 is 11.6 Å². The van der Waals surface area contributed by atoms with Crippen molar-refractivity contribution in [2.75, 3.05) is 5.32 Å². The molecule has 0 unspecified atom stereocenters. The number of aromatic nitrogens is 2. The average molecular weight is 238 g/mol. The van der Waals surface area contributed by atoms with E-state index in [9.17, 15) is 4.79 Å².